The predicted molar refractivity (Wildman–Crippen MR) is 61.4 cm³/mol. The van der Waals surface area contributed by atoms with Crippen LogP contribution >= 0.6 is 12.4 Å². The molecule has 2 saturated heterocycles. The van der Waals surface area contributed by atoms with Gasteiger partial charge in [-0.2, -0.15) is 12.7 Å². The summed E-state index contributed by atoms with van der Waals surface area (Å²) in [5.74, 6) is 0. The van der Waals surface area contributed by atoms with Crippen LogP contribution in [-0.2, 0) is 10.2 Å². The summed E-state index contributed by atoms with van der Waals surface area (Å²) in [5, 5.41) is 3.24. The molecule has 0 aromatic carbocycles. The molecule has 2 aliphatic heterocycles. The van der Waals surface area contributed by atoms with Crippen molar-refractivity contribution in [1.82, 2.24) is 14.3 Å². The van der Waals surface area contributed by atoms with Gasteiger partial charge in [0.25, 0.3) is 10.2 Å². The van der Waals surface area contributed by atoms with E-state index in [9.17, 15) is 8.42 Å². The van der Waals surface area contributed by atoms with E-state index >= 15 is 0 Å². The van der Waals surface area contributed by atoms with E-state index in [-0.39, 0.29) is 18.4 Å². The summed E-state index contributed by atoms with van der Waals surface area (Å²) in [7, 11) is -3.18. The summed E-state index contributed by atoms with van der Waals surface area (Å²) >= 11 is 0. The lowest BCUT2D eigenvalue weighted by molar-refractivity contribution is 0.251. The van der Waals surface area contributed by atoms with Gasteiger partial charge in [-0.15, -0.1) is 12.4 Å². The van der Waals surface area contributed by atoms with Gasteiger partial charge >= 0.3 is 0 Å². The van der Waals surface area contributed by atoms with Crippen molar-refractivity contribution in [2.75, 3.05) is 26.2 Å². The van der Waals surface area contributed by atoms with Crippen molar-refractivity contribution in [1.29, 1.82) is 0 Å². The molecule has 0 radical (unpaired) electrons. The van der Waals surface area contributed by atoms with Crippen molar-refractivity contribution in [3.8, 4) is 0 Å². The molecule has 0 saturated carbocycles. The Hall–Kier alpha value is 0.120. The fourth-order valence-electron chi connectivity index (χ4n) is 2.10. The highest BCUT2D eigenvalue weighted by Gasteiger charge is 2.32. The summed E-state index contributed by atoms with van der Waals surface area (Å²) in [6.07, 6.45) is 2.96. The average molecular weight is 256 g/mol. The summed E-state index contributed by atoms with van der Waals surface area (Å²) in [6, 6.07) is 0.154. The number of halogens is 1. The van der Waals surface area contributed by atoms with Crippen LogP contribution in [0, 0.1) is 0 Å². The van der Waals surface area contributed by atoms with Crippen molar-refractivity contribution in [3.63, 3.8) is 0 Å². The number of hydrogen-bond donors (Lipinski definition) is 2. The van der Waals surface area contributed by atoms with Gasteiger partial charge in [-0.3, -0.25) is 0 Å². The van der Waals surface area contributed by atoms with Crippen molar-refractivity contribution in [3.05, 3.63) is 0 Å². The molecule has 2 N–H and O–H groups in total. The van der Waals surface area contributed by atoms with Crippen LogP contribution in [0.2, 0.25) is 0 Å². The third-order valence-corrected chi connectivity index (χ3v) is 4.49. The molecule has 1 atom stereocenters. The Morgan fingerprint density at radius 3 is 2.60 bits per heavy atom. The minimum absolute atomic E-state index is 0. The maximum atomic E-state index is 11.7. The fraction of sp³-hybridized carbons (Fsp3) is 1.00. The molecule has 2 rings (SSSR count). The first kappa shape index (κ1) is 13.2. The van der Waals surface area contributed by atoms with E-state index in [1.807, 2.05) is 0 Å². The smallest absolute Gasteiger partial charge is 0.279 e. The number of nitrogens with one attached hydrogen (secondary N) is 2. The Morgan fingerprint density at radius 1 is 1.20 bits per heavy atom. The predicted octanol–water partition coefficient (Wildman–Crippen LogP) is -0.300. The van der Waals surface area contributed by atoms with Crippen molar-refractivity contribution in [2.24, 2.45) is 0 Å². The van der Waals surface area contributed by atoms with E-state index in [1.54, 1.807) is 4.31 Å². The second-order valence-electron chi connectivity index (χ2n) is 3.86. The third kappa shape index (κ3) is 3.04. The second-order valence-corrected chi connectivity index (χ2v) is 5.57. The first-order chi connectivity index (χ1) is 6.70. The molecule has 0 aliphatic carbocycles. The number of rotatable bonds is 1. The van der Waals surface area contributed by atoms with Crippen molar-refractivity contribution < 1.29 is 8.42 Å². The Morgan fingerprint density at radius 2 is 2.00 bits per heavy atom. The van der Waals surface area contributed by atoms with E-state index < -0.39 is 10.2 Å². The Kier molecular flexibility index (Phi) is 4.79. The first-order valence-corrected chi connectivity index (χ1v) is 6.61. The quantitative estimate of drug-likeness (QED) is 0.676. The van der Waals surface area contributed by atoms with Gasteiger partial charge in [0.15, 0.2) is 0 Å². The molecule has 5 nitrogen and oxygen atoms in total. The topological polar surface area (TPSA) is 61.4 Å². The molecule has 15 heavy (non-hydrogen) atoms. The molecule has 0 bridgehead atoms. The molecule has 90 valence electrons. The molecule has 2 heterocycles. The van der Waals surface area contributed by atoms with Crippen molar-refractivity contribution in [2.45, 2.75) is 25.3 Å². The Labute approximate surface area is 97.2 Å². The standard InChI is InChI=1S/C8H17N3O2S.ClH/c12-14(13)10-5-2-6-11(14)8-3-1-4-9-7-8;/h8-10H,1-7H2;1H/t8-;/m1./s1. The second kappa shape index (κ2) is 5.45. The highest BCUT2D eigenvalue weighted by Crippen LogP contribution is 2.16. The van der Waals surface area contributed by atoms with Crippen LogP contribution in [0.3, 0.4) is 0 Å². The van der Waals surface area contributed by atoms with Crippen LogP contribution in [0.4, 0.5) is 0 Å². The van der Waals surface area contributed by atoms with E-state index in [0.717, 1.165) is 32.4 Å². The zero-order valence-electron chi connectivity index (χ0n) is 8.61. The van der Waals surface area contributed by atoms with Crippen LogP contribution in [0.15, 0.2) is 0 Å². The highest BCUT2D eigenvalue weighted by atomic mass is 35.5. The van der Waals surface area contributed by atoms with E-state index in [1.165, 1.54) is 0 Å². The van der Waals surface area contributed by atoms with Crippen LogP contribution in [0.5, 0.6) is 0 Å². The molecule has 0 aromatic heterocycles. The lowest BCUT2D eigenvalue weighted by atomic mass is 10.1. The normalized spacial score (nSPS) is 31.9. The molecule has 2 fully saturated rings. The number of piperidine rings is 1. The van der Waals surface area contributed by atoms with Gasteiger partial charge in [-0.05, 0) is 25.8 Å². The van der Waals surface area contributed by atoms with Gasteiger partial charge < -0.3 is 5.32 Å². The van der Waals surface area contributed by atoms with Crippen LogP contribution < -0.4 is 10.0 Å². The van der Waals surface area contributed by atoms with Gasteiger partial charge in [-0.1, -0.05) is 0 Å². The monoisotopic (exact) mass is 255 g/mol. The van der Waals surface area contributed by atoms with Gasteiger partial charge in [0.2, 0.25) is 0 Å². The molecular formula is C8H18ClN3O2S. The molecular weight excluding hydrogens is 238 g/mol. The van der Waals surface area contributed by atoms with Crippen LogP contribution in [0.25, 0.3) is 0 Å². The summed E-state index contributed by atoms with van der Waals surface area (Å²) < 4.78 is 27.5. The maximum absolute atomic E-state index is 11.7. The minimum Gasteiger partial charge on any atom is -0.315 e. The minimum atomic E-state index is -3.18. The molecule has 0 spiro atoms. The van der Waals surface area contributed by atoms with Gasteiger partial charge in [0, 0.05) is 25.7 Å². The Bertz CT molecular complexity index is 290. The fourth-order valence-corrected chi connectivity index (χ4v) is 3.61. The average Bonchev–Trinajstić information content (AvgIpc) is 2.18. The summed E-state index contributed by atoms with van der Waals surface area (Å²) in [4.78, 5) is 0. The molecule has 0 aromatic rings. The van der Waals surface area contributed by atoms with E-state index in [2.05, 4.69) is 10.0 Å². The summed E-state index contributed by atoms with van der Waals surface area (Å²) in [6.45, 7) is 3.05. The van der Waals surface area contributed by atoms with E-state index in [0.29, 0.717) is 13.1 Å². The number of hydrogen-bond acceptors (Lipinski definition) is 3. The lowest BCUT2D eigenvalue weighted by Crippen LogP contribution is -2.55. The zero-order valence-corrected chi connectivity index (χ0v) is 10.2. The number of nitrogens with zero attached hydrogens (tertiary/aromatic N) is 1. The molecule has 0 unspecified atom stereocenters. The molecule has 0 amide bonds. The van der Waals surface area contributed by atoms with Crippen LogP contribution in [-0.4, -0.2) is 44.9 Å². The molecule has 2 aliphatic rings. The largest absolute Gasteiger partial charge is 0.315 e. The zero-order chi connectivity index (χ0) is 10.0. The first-order valence-electron chi connectivity index (χ1n) is 5.17. The highest BCUT2D eigenvalue weighted by molar-refractivity contribution is 7.87. The lowest BCUT2D eigenvalue weighted by Gasteiger charge is -2.36. The maximum Gasteiger partial charge on any atom is 0.279 e. The Balaban J connectivity index is 0.00000112. The van der Waals surface area contributed by atoms with Gasteiger partial charge in [0.1, 0.15) is 0 Å². The third-order valence-electron chi connectivity index (χ3n) is 2.83. The van der Waals surface area contributed by atoms with Crippen LogP contribution in [0.1, 0.15) is 19.3 Å². The van der Waals surface area contributed by atoms with Crippen molar-refractivity contribution >= 4 is 22.6 Å². The molecule has 7 heteroatoms. The summed E-state index contributed by atoms with van der Waals surface area (Å²) in [5.41, 5.74) is 0. The van der Waals surface area contributed by atoms with E-state index in [4.69, 9.17) is 0 Å². The van der Waals surface area contributed by atoms with Gasteiger partial charge in [-0.25, -0.2) is 4.72 Å². The SMILES string of the molecule is Cl.O=S1(=O)NCCCN1[C@@H]1CCCNC1. The van der Waals surface area contributed by atoms with Gasteiger partial charge in [0.05, 0.1) is 0 Å².